The molecule has 1 unspecified atom stereocenters. The van der Waals surface area contributed by atoms with Gasteiger partial charge in [-0.2, -0.15) is 0 Å². The van der Waals surface area contributed by atoms with Gasteiger partial charge >= 0.3 is 13.6 Å². The largest absolute Gasteiger partial charge is 0.508 e. The zero-order valence-corrected chi connectivity index (χ0v) is 33.8. The monoisotopic (exact) mass is 838 g/mol. The summed E-state index contributed by atoms with van der Waals surface area (Å²) in [5, 5.41) is 29.8. The molecule has 2 aromatic rings. The number of thiocarbonyl (C=S) groups is 1. The number of aromatic hydroxyl groups is 1. The van der Waals surface area contributed by atoms with E-state index in [1.54, 1.807) is 24.3 Å². The summed E-state index contributed by atoms with van der Waals surface area (Å²) < 4.78 is 36.5. The molecule has 0 spiro atoms. The van der Waals surface area contributed by atoms with Crippen molar-refractivity contribution < 1.29 is 47.7 Å². The molecule has 2 aliphatic carbocycles. The van der Waals surface area contributed by atoms with Gasteiger partial charge in [0.05, 0.1) is 49.7 Å². The van der Waals surface area contributed by atoms with Gasteiger partial charge < -0.3 is 60.9 Å². The molecule has 5 rings (SSSR count). The number of nitrogens with one attached hydrogen (secondary N) is 3. The molecule has 0 radical (unpaired) electrons. The number of phenols is 1. The topological polar surface area (TPSA) is 270 Å². The fourth-order valence-electron chi connectivity index (χ4n) is 6.67. The molecule has 19 heteroatoms. The van der Waals surface area contributed by atoms with Crippen molar-refractivity contribution in [1.82, 2.24) is 10.6 Å². The summed E-state index contributed by atoms with van der Waals surface area (Å²) in [7, 11) is -4.36. The van der Waals surface area contributed by atoms with Crippen LogP contribution in [0.3, 0.4) is 0 Å². The Bertz CT molecular complexity index is 2290. The van der Waals surface area contributed by atoms with E-state index >= 15 is 0 Å². The maximum absolute atomic E-state index is 13.4. The highest BCUT2D eigenvalue weighted by molar-refractivity contribution is 7.80. The Balaban J connectivity index is 1.17. The van der Waals surface area contributed by atoms with Crippen LogP contribution in [0.1, 0.15) is 50.4 Å². The van der Waals surface area contributed by atoms with Crippen molar-refractivity contribution in [3.8, 4) is 28.2 Å². The molecule has 2 aromatic carbocycles. The molecule has 17 nitrogen and oxygen atoms in total. The maximum atomic E-state index is 13.4. The summed E-state index contributed by atoms with van der Waals surface area (Å²) in [6, 6.07) is 12.0. The first kappa shape index (κ1) is 43.8. The zero-order chi connectivity index (χ0) is 42.1. The number of hydrogen-bond donors (Lipinski definition) is 8. The standard InChI is InChI=1S/C39H47N6O11PS/c1-4-25(5-2)55-34-20-26(19-31(45-38(40)41)36(34)43-21(3)46)57(51,52)54-15-14-53-13-12-42-39(58)44-22-6-9-27(30(16-22)37(49)50)35-28-10-7-23(47)17-32(28)56-33-18-24(48)8-11-29(33)35/h6-11,16-18,20,25,31,34,36,47H,4-5,12-15,19H2,1-3H3,(H,43,46)(H,49,50)(H,51,52)(H4,40,41,45)(H2,42,44,58)/t31-,34+,36+/m0/s1. The van der Waals surface area contributed by atoms with Gasteiger partial charge in [-0.15, -0.1) is 0 Å². The number of rotatable bonds is 17. The number of aromatic carboxylic acids is 1. The molecule has 58 heavy (non-hydrogen) atoms. The Morgan fingerprint density at radius 2 is 1.79 bits per heavy atom. The average Bonchev–Trinajstić information content (AvgIpc) is 3.16. The third-order valence-electron chi connectivity index (χ3n) is 9.33. The molecule has 310 valence electrons. The molecule has 4 atom stereocenters. The third kappa shape index (κ3) is 11.0. The minimum absolute atomic E-state index is 0.0332. The predicted molar refractivity (Wildman–Crippen MR) is 223 cm³/mol. The average molecular weight is 839 g/mol. The molecule has 0 fully saturated rings. The van der Waals surface area contributed by atoms with Crippen LogP contribution in [0.5, 0.6) is 5.75 Å². The fraction of sp³-hybridized carbons (Fsp3) is 0.359. The first-order chi connectivity index (χ1) is 27.6. The minimum Gasteiger partial charge on any atom is -0.508 e. The summed E-state index contributed by atoms with van der Waals surface area (Å²) in [6.07, 6.45) is 1.82. The highest BCUT2D eigenvalue weighted by atomic mass is 32.1. The number of nitrogens with zero attached hydrogens (tertiary/aromatic N) is 1. The van der Waals surface area contributed by atoms with Crippen molar-refractivity contribution in [2.45, 2.75) is 64.3 Å². The Morgan fingerprint density at radius 3 is 2.48 bits per heavy atom. The second-order valence-electron chi connectivity index (χ2n) is 13.5. The van der Waals surface area contributed by atoms with E-state index < -0.39 is 31.8 Å². The third-order valence-corrected chi connectivity index (χ3v) is 11.2. The second-order valence-corrected chi connectivity index (χ2v) is 15.8. The number of phenolic OH excluding ortho intramolecular Hbond substituents is 1. The van der Waals surface area contributed by atoms with Gasteiger partial charge in [-0.3, -0.25) is 14.2 Å². The number of ether oxygens (including phenoxy) is 2. The van der Waals surface area contributed by atoms with Crippen LogP contribution in [-0.4, -0.2) is 88.7 Å². The number of amides is 1. The van der Waals surface area contributed by atoms with Crippen LogP contribution in [0, 0.1) is 0 Å². The van der Waals surface area contributed by atoms with Gasteiger partial charge in [0.2, 0.25) is 5.91 Å². The number of aliphatic imine (C=N–C) groups is 1. The van der Waals surface area contributed by atoms with Crippen LogP contribution in [0.25, 0.3) is 33.4 Å². The summed E-state index contributed by atoms with van der Waals surface area (Å²) in [6.45, 7) is 5.37. The number of carbonyl (C=O) groups is 2. The number of benzene rings is 3. The molecule has 0 saturated heterocycles. The number of nitrogens with two attached hydrogens (primary N) is 2. The van der Waals surface area contributed by atoms with Crippen molar-refractivity contribution in [1.29, 1.82) is 0 Å². The maximum Gasteiger partial charge on any atom is 0.354 e. The highest BCUT2D eigenvalue weighted by Crippen LogP contribution is 2.54. The highest BCUT2D eigenvalue weighted by Gasteiger charge is 2.41. The van der Waals surface area contributed by atoms with E-state index in [9.17, 15) is 34.1 Å². The van der Waals surface area contributed by atoms with E-state index in [1.165, 1.54) is 43.3 Å². The van der Waals surface area contributed by atoms with Gasteiger partial charge in [-0.25, -0.2) is 9.79 Å². The summed E-state index contributed by atoms with van der Waals surface area (Å²) in [4.78, 5) is 51.9. The van der Waals surface area contributed by atoms with Gasteiger partial charge in [0, 0.05) is 59.5 Å². The lowest BCUT2D eigenvalue weighted by atomic mass is 9.90. The fourth-order valence-corrected chi connectivity index (χ4v) is 8.13. The van der Waals surface area contributed by atoms with E-state index in [2.05, 4.69) is 20.9 Å². The van der Waals surface area contributed by atoms with Crippen LogP contribution < -0.4 is 32.8 Å². The molecule has 0 aromatic heterocycles. The first-order valence-corrected chi connectivity index (χ1v) is 20.5. The summed E-state index contributed by atoms with van der Waals surface area (Å²) >= 11 is 5.41. The lowest BCUT2D eigenvalue weighted by Gasteiger charge is -2.37. The molecule has 1 heterocycles. The molecular weight excluding hydrogens is 792 g/mol. The van der Waals surface area contributed by atoms with Crippen molar-refractivity contribution >= 4 is 59.4 Å². The number of guanidine groups is 1. The smallest absolute Gasteiger partial charge is 0.354 e. The first-order valence-electron chi connectivity index (χ1n) is 18.5. The number of carboxylic acid groups (broad SMARTS) is 1. The summed E-state index contributed by atoms with van der Waals surface area (Å²) in [5.41, 5.74) is 13.0. The van der Waals surface area contributed by atoms with Gasteiger partial charge in [-0.1, -0.05) is 19.9 Å². The van der Waals surface area contributed by atoms with Crippen molar-refractivity contribution in [3.05, 3.63) is 81.8 Å². The lowest BCUT2D eigenvalue weighted by Crippen LogP contribution is -2.53. The van der Waals surface area contributed by atoms with Gasteiger partial charge in [0.25, 0.3) is 0 Å². The quantitative estimate of drug-likeness (QED) is 0.0182. The van der Waals surface area contributed by atoms with Crippen LogP contribution in [0.4, 0.5) is 5.69 Å². The Kier molecular flexibility index (Phi) is 14.6. The molecule has 0 bridgehead atoms. The summed E-state index contributed by atoms with van der Waals surface area (Å²) in [5.74, 6) is -1.62. The Morgan fingerprint density at radius 1 is 1.05 bits per heavy atom. The Hall–Kier alpha value is -5.36. The van der Waals surface area contributed by atoms with E-state index in [0.717, 1.165) is 0 Å². The van der Waals surface area contributed by atoms with E-state index in [1.807, 2.05) is 13.8 Å². The van der Waals surface area contributed by atoms with Crippen molar-refractivity contribution in [3.63, 3.8) is 0 Å². The van der Waals surface area contributed by atoms with Crippen LogP contribution in [0.2, 0.25) is 0 Å². The molecule has 0 saturated carbocycles. The van der Waals surface area contributed by atoms with Gasteiger partial charge in [0.15, 0.2) is 16.5 Å². The predicted octanol–water partition coefficient (Wildman–Crippen LogP) is 4.48. The lowest BCUT2D eigenvalue weighted by molar-refractivity contribution is -0.121. The SMILES string of the molecule is CCC(CC)O[C@@H]1C=C(P(=O)(O)OCCOCCNC(=S)Nc2ccc(-c3c4ccc(=O)cc-4oc4cc(O)ccc34)c(C(=O)O)c2)C[C@H](N=C(N)N)[C@H]1NC(C)=O. The Labute approximate surface area is 339 Å². The number of carbonyl (C=O) groups excluding carboxylic acids is 1. The van der Waals surface area contributed by atoms with Crippen molar-refractivity contribution in [2.75, 3.05) is 31.7 Å². The molecule has 10 N–H and O–H groups in total. The number of carboxylic acids is 1. The van der Waals surface area contributed by atoms with E-state index in [4.69, 9.17) is 42.1 Å². The number of hydrogen-bond acceptors (Lipinski definition) is 11. The van der Waals surface area contributed by atoms with Crippen molar-refractivity contribution in [2.24, 2.45) is 16.5 Å². The normalized spacial score (nSPS) is 17.7. The second kappa shape index (κ2) is 19.4. The van der Waals surface area contributed by atoms with E-state index in [0.29, 0.717) is 40.6 Å². The van der Waals surface area contributed by atoms with Gasteiger partial charge in [-0.05, 0) is 73.1 Å². The van der Waals surface area contributed by atoms with Crippen LogP contribution in [0.15, 0.2) is 80.2 Å². The minimum atomic E-state index is -4.36. The zero-order valence-electron chi connectivity index (χ0n) is 32.1. The van der Waals surface area contributed by atoms with Gasteiger partial charge in [0.1, 0.15) is 17.1 Å². The molecular formula is C39H47N6O11PS. The van der Waals surface area contributed by atoms with E-state index in [-0.39, 0.29) is 89.3 Å². The molecule has 1 amide bonds. The number of fused-ring (bicyclic) bond motifs is 2. The molecule has 3 aliphatic rings. The van der Waals surface area contributed by atoms with Crippen LogP contribution in [-0.2, 0) is 23.4 Å². The number of anilines is 1. The molecule has 1 aliphatic heterocycles. The van der Waals surface area contributed by atoms with Crippen LogP contribution >= 0.6 is 19.8 Å².